The van der Waals surface area contributed by atoms with Gasteiger partial charge in [-0.15, -0.1) is 0 Å². The van der Waals surface area contributed by atoms with E-state index in [0.717, 1.165) is 19.0 Å². The van der Waals surface area contributed by atoms with E-state index in [1.807, 2.05) is 7.05 Å². The number of morpholine rings is 1. The lowest BCUT2D eigenvalue weighted by Gasteiger charge is -2.29. The SMILES string of the molecule is CC(C1CC1)N(C)c1nc(NN)nc(N2CCOCC2)n1. The summed E-state index contributed by atoms with van der Waals surface area (Å²) in [5.74, 6) is 7.97. The molecule has 0 bridgehead atoms. The highest BCUT2D eigenvalue weighted by atomic mass is 16.5. The lowest BCUT2D eigenvalue weighted by Crippen LogP contribution is -2.38. The molecule has 0 radical (unpaired) electrons. The zero-order valence-corrected chi connectivity index (χ0v) is 12.6. The molecule has 3 rings (SSSR count). The van der Waals surface area contributed by atoms with Gasteiger partial charge in [0.2, 0.25) is 17.8 Å². The minimum Gasteiger partial charge on any atom is -0.378 e. The maximum absolute atomic E-state index is 5.50. The normalized spacial score (nSPS) is 20.2. The molecule has 1 aromatic heterocycles. The molecule has 2 aliphatic rings. The van der Waals surface area contributed by atoms with Crippen molar-refractivity contribution in [3.8, 4) is 0 Å². The minimum atomic E-state index is 0.399. The van der Waals surface area contributed by atoms with Crippen molar-refractivity contribution in [3.63, 3.8) is 0 Å². The molecule has 0 amide bonds. The van der Waals surface area contributed by atoms with Crippen LogP contribution in [0, 0.1) is 5.92 Å². The van der Waals surface area contributed by atoms with E-state index in [0.29, 0.717) is 37.1 Å². The number of hydrazine groups is 1. The number of aromatic nitrogens is 3. The first-order valence-corrected chi connectivity index (χ1v) is 7.47. The Morgan fingerprint density at radius 3 is 2.62 bits per heavy atom. The predicted octanol–water partition coefficient (Wildman–Crippen LogP) is 0.229. The lowest BCUT2D eigenvalue weighted by molar-refractivity contribution is 0.122. The highest BCUT2D eigenvalue weighted by Gasteiger charge is 2.32. The molecule has 1 aliphatic carbocycles. The number of nitrogens with two attached hydrogens (primary N) is 1. The molecule has 1 unspecified atom stereocenters. The number of rotatable bonds is 5. The summed E-state index contributed by atoms with van der Waals surface area (Å²) in [6.07, 6.45) is 2.57. The van der Waals surface area contributed by atoms with Gasteiger partial charge in [0, 0.05) is 26.2 Å². The zero-order chi connectivity index (χ0) is 14.8. The standard InChI is InChI=1S/C13H23N7O/c1-9(10-3-4-10)19(2)12-15-11(18-14)16-13(17-12)20-5-7-21-8-6-20/h9-10H,3-8,14H2,1-2H3,(H,15,16,17,18). The quantitative estimate of drug-likeness (QED) is 0.589. The summed E-state index contributed by atoms with van der Waals surface area (Å²) >= 11 is 0. The number of anilines is 3. The monoisotopic (exact) mass is 293 g/mol. The first-order chi connectivity index (χ1) is 10.2. The fraction of sp³-hybridized carbons (Fsp3) is 0.769. The van der Waals surface area contributed by atoms with Gasteiger partial charge in [0.25, 0.3) is 0 Å². The van der Waals surface area contributed by atoms with E-state index in [9.17, 15) is 0 Å². The molecular weight excluding hydrogens is 270 g/mol. The summed E-state index contributed by atoms with van der Waals surface area (Å²) in [5.41, 5.74) is 2.54. The Hall–Kier alpha value is -1.67. The van der Waals surface area contributed by atoms with Crippen molar-refractivity contribution in [2.45, 2.75) is 25.8 Å². The lowest BCUT2D eigenvalue weighted by atomic mass is 10.2. The van der Waals surface area contributed by atoms with Crippen LogP contribution in [-0.4, -0.2) is 54.3 Å². The van der Waals surface area contributed by atoms with Crippen LogP contribution in [0.2, 0.25) is 0 Å². The van der Waals surface area contributed by atoms with Crippen molar-refractivity contribution in [1.29, 1.82) is 0 Å². The van der Waals surface area contributed by atoms with Crippen LogP contribution in [0.5, 0.6) is 0 Å². The molecule has 8 nitrogen and oxygen atoms in total. The third kappa shape index (κ3) is 3.16. The number of ether oxygens (including phenoxy) is 1. The third-order valence-corrected chi connectivity index (χ3v) is 4.27. The van der Waals surface area contributed by atoms with Gasteiger partial charge in [-0.05, 0) is 25.7 Å². The summed E-state index contributed by atoms with van der Waals surface area (Å²) in [6, 6.07) is 0.426. The van der Waals surface area contributed by atoms with Gasteiger partial charge in [0.05, 0.1) is 13.2 Å². The highest BCUT2D eigenvalue weighted by molar-refractivity contribution is 5.45. The summed E-state index contributed by atoms with van der Waals surface area (Å²) in [5, 5.41) is 0. The van der Waals surface area contributed by atoms with Gasteiger partial charge in [0.15, 0.2) is 0 Å². The van der Waals surface area contributed by atoms with Crippen LogP contribution in [0.1, 0.15) is 19.8 Å². The minimum absolute atomic E-state index is 0.399. The van der Waals surface area contributed by atoms with Crippen molar-refractivity contribution >= 4 is 17.8 Å². The number of nitrogens with zero attached hydrogens (tertiary/aromatic N) is 5. The van der Waals surface area contributed by atoms with Gasteiger partial charge in [-0.2, -0.15) is 15.0 Å². The van der Waals surface area contributed by atoms with E-state index in [-0.39, 0.29) is 0 Å². The number of hydrogen-bond acceptors (Lipinski definition) is 8. The average Bonchev–Trinajstić information content (AvgIpc) is 3.38. The van der Waals surface area contributed by atoms with Crippen molar-refractivity contribution in [1.82, 2.24) is 15.0 Å². The van der Waals surface area contributed by atoms with Gasteiger partial charge < -0.3 is 14.5 Å². The summed E-state index contributed by atoms with van der Waals surface area (Å²) in [4.78, 5) is 17.6. The largest absolute Gasteiger partial charge is 0.378 e. The Balaban J connectivity index is 1.84. The van der Waals surface area contributed by atoms with Gasteiger partial charge in [-0.1, -0.05) is 0 Å². The van der Waals surface area contributed by atoms with Gasteiger partial charge in [0.1, 0.15) is 0 Å². The summed E-state index contributed by atoms with van der Waals surface area (Å²) in [6.45, 7) is 5.18. The third-order valence-electron chi connectivity index (χ3n) is 4.27. The highest BCUT2D eigenvalue weighted by Crippen LogP contribution is 2.35. The van der Waals surface area contributed by atoms with Crippen molar-refractivity contribution in [3.05, 3.63) is 0 Å². The van der Waals surface area contributed by atoms with Crippen molar-refractivity contribution < 1.29 is 4.74 Å². The van der Waals surface area contributed by atoms with Crippen LogP contribution in [0.15, 0.2) is 0 Å². The Morgan fingerprint density at radius 2 is 2.00 bits per heavy atom. The molecule has 1 saturated carbocycles. The predicted molar refractivity (Wildman–Crippen MR) is 81.3 cm³/mol. The van der Waals surface area contributed by atoms with Crippen LogP contribution in [0.3, 0.4) is 0 Å². The maximum Gasteiger partial charge on any atom is 0.243 e. The first kappa shape index (κ1) is 14.3. The smallest absolute Gasteiger partial charge is 0.243 e. The summed E-state index contributed by atoms with van der Waals surface area (Å²) < 4.78 is 5.37. The molecule has 2 fully saturated rings. The molecule has 116 valence electrons. The summed E-state index contributed by atoms with van der Waals surface area (Å²) in [7, 11) is 2.03. The van der Waals surface area contributed by atoms with Crippen LogP contribution >= 0.6 is 0 Å². The number of hydrogen-bond donors (Lipinski definition) is 2. The molecule has 2 heterocycles. The molecule has 0 aromatic carbocycles. The van der Waals surface area contributed by atoms with Crippen LogP contribution < -0.4 is 21.1 Å². The number of nitrogen functional groups attached to an aromatic ring is 1. The Kier molecular flexibility index (Phi) is 4.07. The van der Waals surface area contributed by atoms with Gasteiger partial charge in [-0.25, -0.2) is 5.84 Å². The fourth-order valence-corrected chi connectivity index (χ4v) is 2.56. The van der Waals surface area contributed by atoms with Crippen LogP contribution in [0.25, 0.3) is 0 Å². The van der Waals surface area contributed by atoms with Crippen LogP contribution in [-0.2, 0) is 4.74 Å². The Morgan fingerprint density at radius 1 is 1.29 bits per heavy atom. The molecule has 1 saturated heterocycles. The van der Waals surface area contributed by atoms with Crippen molar-refractivity contribution in [2.75, 3.05) is 48.6 Å². The number of nitrogens with one attached hydrogen (secondary N) is 1. The molecule has 0 spiro atoms. The molecule has 3 N–H and O–H groups in total. The Bertz CT molecular complexity index is 487. The zero-order valence-electron chi connectivity index (χ0n) is 12.6. The molecular formula is C13H23N7O. The molecule has 1 aliphatic heterocycles. The van der Waals surface area contributed by atoms with E-state index in [2.05, 4.69) is 37.1 Å². The molecule has 1 atom stereocenters. The molecule has 1 aromatic rings. The molecule has 8 heteroatoms. The fourth-order valence-electron chi connectivity index (χ4n) is 2.56. The van der Waals surface area contributed by atoms with Crippen LogP contribution in [0.4, 0.5) is 17.8 Å². The van der Waals surface area contributed by atoms with E-state index in [1.165, 1.54) is 12.8 Å². The maximum atomic E-state index is 5.50. The second kappa shape index (κ2) is 5.98. The Labute approximate surface area is 124 Å². The van der Waals surface area contributed by atoms with E-state index >= 15 is 0 Å². The van der Waals surface area contributed by atoms with Gasteiger partial charge in [-0.3, -0.25) is 5.43 Å². The second-order valence-electron chi connectivity index (χ2n) is 5.69. The van der Waals surface area contributed by atoms with E-state index in [4.69, 9.17) is 10.6 Å². The van der Waals surface area contributed by atoms with Gasteiger partial charge >= 0.3 is 0 Å². The van der Waals surface area contributed by atoms with E-state index in [1.54, 1.807) is 0 Å². The van der Waals surface area contributed by atoms with Crippen molar-refractivity contribution in [2.24, 2.45) is 11.8 Å². The average molecular weight is 293 g/mol. The first-order valence-electron chi connectivity index (χ1n) is 7.47. The molecule has 21 heavy (non-hydrogen) atoms. The topological polar surface area (TPSA) is 92.4 Å². The second-order valence-corrected chi connectivity index (χ2v) is 5.69. The van der Waals surface area contributed by atoms with E-state index < -0.39 is 0 Å².